The normalized spacial score (nSPS) is 18.8. The summed E-state index contributed by atoms with van der Waals surface area (Å²) < 4.78 is 0.700. The predicted molar refractivity (Wildman–Crippen MR) is 108 cm³/mol. The Morgan fingerprint density at radius 1 is 1.35 bits per heavy atom. The number of H-pyrrole nitrogens is 1. The van der Waals surface area contributed by atoms with Crippen molar-refractivity contribution < 1.29 is 9.59 Å². The molecule has 0 spiro atoms. The summed E-state index contributed by atoms with van der Waals surface area (Å²) in [6, 6.07) is 11.9. The third kappa shape index (κ3) is 3.41. The summed E-state index contributed by atoms with van der Waals surface area (Å²) in [6.45, 7) is 1.58. The number of carbonyl (C=O) groups is 2. The monoisotopic (exact) mass is 404 g/mol. The standard InChI is InChI=1S/C19H17ClN2O2S2/c1-10(23)25-9-14-13-5-3-2-4-11(13)6-15(14)21-18(24)16-7-12-8-17(20)26-19(12)22-16/h2-5,7-8,14-15,22H,6,9H2,1H3,(H,21,24)/t14-,15-/m1/s1. The van der Waals surface area contributed by atoms with Crippen molar-refractivity contribution in [3.63, 3.8) is 0 Å². The van der Waals surface area contributed by atoms with Crippen molar-refractivity contribution in [3.8, 4) is 0 Å². The Morgan fingerprint density at radius 3 is 2.92 bits per heavy atom. The van der Waals surface area contributed by atoms with Crippen molar-refractivity contribution >= 4 is 55.9 Å². The first-order valence-electron chi connectivity index (χ1n) is 8.31. The Morgan fingerprint density at radius 2 is 2.15 bits per heavy atom. The molecule has 134 valence electrons. The summed E-state index contributed by atoms with van der Waals surface area (Å²) >= 11 is 8.73. The minimum Gasteiger partial charge on any atom is -0.347 e. The van der Waals surface area contributed by atoms with Gasteiger partial charge in [-0.05, 0) is 29.7 Å². The SMILES string of the molecule is CC(=O)SC[C@@H]1c2ccccc2C[C@H]1NC(=O)c1cc2cc(Cl)sc2[nH]1. The van der Waals surface area contributed by atoms with Crippen LogP contribution in [0.25, 0.3) is 10.2 Å². The first kappa shape index (κ1) is 17.6. The number of benzene rings is 1. The van der Waals surface area contributed by atoms with Crippen molar-refractivity contribution in [2.75, 3.05) is 5.75 Å². The second kappa shape index (κ2) is 7.10. The van der Waals surface area contributed by atoms with Crippen LogP contribution < -0.4 is 5.32 Å². The highest BCUT2D eigenvalue weighted by atomic mass is 35.5. The Kier molecular flexibility index (Phi) is 4.82. The average Bonchev–Trinajstić information content (AvgIpc) is 3.23. The molecule has 2 aromatic heterocycles. The highest BCUT2D eigenvalue weighted by Crippen LogP contribution is 2.36. The molecular weight excluding hydrogens is 388 g/mol. The van der Waals surface area contributed by atoms with Crippen molar-refractivity contribution in [2.24, 2.45) is 0 Å². The zero-order valence-corrected chi connectivity index (χ0v) is 16.4. The lowest BCUT2D eigenvalue weighted by atomic mass is 10.0. The van der Waals surface area contributed by atoms with Gasteiger partial charge in [-0.2, -0.15) is 0 Å². The van der Waals surface area contributed by atoms with Crippen LogP contribution in [0.15, 0.2) is 36.4 Å². The quantitative estimate of drug-likeness (QED) is 0.667. The molecule has 1 aliphatic rings. The van der Waals surface area contributed by atoms with Gasteiger partial charge in [-0.3, -0.25) is 9.59 Å². The van der Waals surface area contributed by atoms with E-state index < -0.39 is 0 Å². The number of hydrogen-bond donors (Lipinski definition) is 2. The largest absolute Gasteiger partial charge is 0.347 e. The first-order chi connectivity index (χ1) is 12.5. The molecule has 1 amide bonds. The molecule has 4 rings (SSSR count). The van der Waals surface area contributed by atoms with Gasteiger partial charge in [0, 0.05) is 30.0 Å². The van der Waals surface area contributed by atoms with Gasteiger partial charge in [-0.25, -0.2) is 0 Å². The van der Waals surface area contributed by atoms with Crippen LogP contribution >= 0.6 is 34.7 Å². The second-order valence-corrected chi connectivity index (χ2v) is 9.29. The molecule has 4 nitrogen and oxygen atoms in total. The summed E-state index contributed by atoms with van der Waals surface area (Å²) in [4.78, 5) is 28.2. The van der Waals surface area contributed by atoms with Crippen molar-refractivity contribution in [2.45, 2.75) is 25.3 Å². The van der Waals surface area contributed by atoms with Gasteiger partial charge in [0.25, 0.3) is 5.91 Å². The minimum absolute atomic E-state index is 0.0170. The maximum Gasteiger partial charge on any atom is 0.268 e. The molecule has 7 heteroatoms. The number of aromatic amines is 1. The van der Waals surface area contributed by atoms with E-state index in [1.54, 1.807) is 6.92 Å². The third-order valence-corrected chi connectivity index (χ3v) is 6.81. The fraction of sp³-hybridized carbons (Fsp3) is 0.263. The Hall–Kier alpha value is -1.76. The average molecular weight is 405 g/mol. The van der Waals surface area contributed by atoms with E-state index in [1.807, 2.05) is 24.3 Å². The van der Waals surface area contributed by atoms with E-state index >= 15 is 0 Å². The summed E-state index contributed by atoms with van der Waals surface area (Å²) in [5, 5.41) is 4.20. The number of carbonyl (C=O) groups excluding carboxylic acids is 2. The molecule has 3 aromatic rings. The second-order valence-electron chi connectivity index (χ2n) is 6.41. The van der Waals surface area contributed by atoms with Gasteiger partial charge >= 0.3 is 0 Å². The Bertz CT molecular complexity index is 963. The van der Waals surface area contributed by atoms with Gasteiger partial charge in [0.1, 0.15) is 10.5 Å². The van der Waals surface area contributed by atoms with Gasteiger partial charge in [0.2, 0.25) is 0 Å². The van der Waals surface area contributed by atoms with Crippen LogP contribution in [-0.2, 0) is 11.2 Å². The highest BCUT2D eigenvalue weighted by Gasteiger charge is 2.33. The van der Waals surface area contributed by atoms with E-state index in [1.165, 1.54) is 34.2 Å². The Balaban J connectivity index is 1.54. The van der Waals surface area contributed by atoms with Crippen molar-refractivity contribution in [3.05, 3.63) is 57.6 Å². The Labute approximate surface area is 164 Å². The topological polar surface area (TPSA) is 62.0 Å². The lowest BCUT2D eigenvalue weighted by Crippen LogP contribution is -2.38. The number of thiophene rings is 1. The zero-order chi connectivity index (χ0) is 18.3. The van der Waals surface area contributed by atoms with Crippen LogP contribution in [-0.4, -0.2) is 27.8 Å². The molecule has 0 bridgehead atoms. The lowest BCUT2D eigenvalue weighted by molar-refractivity contribution is -0.109. The minimum atomic E-state index is -0.125. The maximum absolute atomic E-state index is 12.7. The molecule has 0 saturated carbocycles. The molecule has 0 unspecified atom stereocenters. The van der Waals surface area contributed by atoms with Gasteiger partial charge in [0.15, 0.2) is 5.12 Å². The molecule has 0 fully saturated rings. The van der Waals surface area contributed by atoms with Gasteiger partial charge in [-0.1, -0.05) is 47.6 Å². The fourth-order valence-electron chi connectivity index (χ4n) is 3.50. The number of fused-ring (bicyclic) bond motifs is 2. The molecule has 2 atom stereocenters. The van der Waals surface area contributed by atoms with Crippen molar-refractivity contribution in [1.29, 1.82) is 0 Å². The first-order valence-corrected chi connectivity index (χ1v) is 10.5. The number of hydrogen-bond acceptors (Lipinski definition) is 4. The van der Waals surface area contributed by atoms with Crippen LogP contribution in [0.2, 0.25) is 4.34 Å². The highest BCUT2D eigenvalue weighted by molar-refractivity contribution is 8.13. The molecular formula is C19H17ClN2O2S2. The third-order valence-electron chi connectivity index (χ3n) is 4.69. The molecule has 0 radical (unpaired) electrons. The number of halogens is 1. The van der Waals surface area contributed by atoms with Gasteiger partial charge < -0.3 is 10.3 Å². The van der Waals surface area contributed by atoms with Crippen LogP contribution in [0, 0.1) is 0 Å². The molecule has 2 N–H and O–H groups in total. The summed E-state index contributed by atoms with van der Waals surface area (Å²) in [5.41, 5.74) is 3.01. The number of nitrogens with one attached hydrogen (secondary N) is 2. The number of aromatic nitrogens is 1. The molecule has 0 aliphatic heterocycles. The van der Waals surface area contributed by atoms with E-state index in [4.69, 9.17) is 11.6 Å². The van der Waals surface area contributed by atoms with E-state index in [0.29, 0.717) is 15.8 Å². The lowest BCUT2D eigenvalue weighted by Gasteiger charge is -2.21. The van der Waals surface area contributed by atoms with E-state index in [-0.39, 0.29) is 23.0 Å². The number of rotatable bonds is 4. The number of thioether (sulfide) groups is 1. The van der Waals surface area contributed by atoms with Crippen LogP contribution in [0.1, 0.15) is 34.5 Å². The smallest absolute Gasteiger partial charge is 0.268 e. The summed E-state index contributed by atoms with van der Waals surface area (Å²) in [7, 11) is 0. The van der Waals surface area contributed by atoms with E-state index in [0.717, 1.165) is 16.6 Å². The zero-order valence-electron chi connectivity index (χ0n) is 14.0. The van der Waals surface area contributed by atoms with Crippen molar-refractivity contribution in [1.82, 2.24) is 10.3 Å². The van der Waals surface area contributed by atoms with Crippen LogP contribution in [0.5, 0.6) is 0 Å². The molecule has 0 saturated heterocycles. The fourth-order valence-corrected chi connectivity index (χ4v) is 5.46. The molecule has 1 aromatic carbocycles. The molecule has 1 aliphatic carbocycles. The van der Waals surface area contributed by atoms with Crippen LogP contribution in [0.3, 0.4) is 0 Å². The van der Waals surface area contributed by atoms with Gasteiger partial charge in [0.05, 0.1) is 4.34 Å². The van der Waals surface area contributed by atoms with Gasteiger partial charge in [-0.15, -0.1) is 11.3 Å². The maximum atomic E-state index is 12.7. The van der Waals surface area contributed by atoms with Crippen LogP contribution in [0.4, 0.5) is 0 Å². The number of amides is 1. The molecule has 26 heavy (non-hydrogen) atoms. The summed E-state index contributed by atoms with van der Waals surface area (Å²) in [6.07, 6.45) is 0.784. The predicted octanol–water partition coefficient (Wildman–Crippen LogP) is 4.60. The van der Waals surface area contributed by atoms with E-state index in [9.17, 15) is 9.59 Å². The van der Waals surface area contributed by atoms with E-state index in [2.05, 4.69) is 22.4 Å². The molecule has 2 heterocycles. The summed E-state index contributed by atoms with van der Waals surface area (Å²) in [5.74, 6) is 0.682.